The number of aromatic nitrogens is 5. The summed E-state index contributed by atoms with van der Waals surface area (Å²) in [6.45, 7) is 0. The lowest BCUT2D eigenvalue weighted by molar-refractivity contribution is 0.425. The van der Waals surface area contributed by atoms with E-state index < -0.39 is 0 Å². The maximum absolute atomic E-state index is 5.62. The van der Waals surface area contributed by atoms with Crippen LogP contribution in [0.15, 0.2) is 40.0 Å². The molecule has 0 aliphatic rings. The van der Waals surface area contributed by atoms with Gasteiger partial charge in [-0.05, 0) is 12.1 Å². The van der Waals surface area contributed by atoms with E-state index in [0.29, 0.717) is 28.6 Å². The first-order valence-electron chi connectivity index (χ1n) is 5.89. The van der Waals surface area contributed by atoms with Gasteiger partial charge in [0.1, 0.15) is 0 Å². The SMILES string of the molecule is Cn1c(N)nnc1SCc1noc(-c2ccccc2)n1. The molecule has 0 saturated heterocycles. The molecule has 2 heterocycles. The highest BCUT2D eigenvalue weighted by Gasteiger charge is 2.11. The Balaban J connectivity index is 1.70. The van der Waals surface area contributed by atoms with Crippen molar-refractivity contribution in [2.75, 3.05) is 5.73 Å². The van der Waals surface area contributed by atoms with Crippen molar-refractivity contribution in [1.29, 1.82) is 0 Å². The number of rotatable bonds is 4. The summed E-state index contributed by atoms with van der Waals surface area (Å²) in [5, 5.41) is 12.4. The summed E-state index contributed by atoms with van der Waals surface area (Å²) in [5.74, 6) is 2.04. The molecule has 0 spiro atoms. The monoisotopic (exact) mass is 288 g/mol. The van der Waals surface area contributed by atoms with E-state index in [1.165, 1.54) is 11.8 Å². The number of anilines is 1. The normalized spacial score (nSPS) is 10.8. The van der Waals surface area contributed by atoms with Gasteiger partial charge in [-0.2, -0.15) is 4.98 Å². The Morgan fingerprint density at radius 3 is 2.75 bits per heavy atom. The van der Waals surface area contributed by atoms with Crippen LogP contribution in [0.1, 0.15) is 5.82 Å². The summed E-state index contributed by atoms with van der Waals surface area (Å²) >= 11 is 1.45. The molecule has 0 saturated carbocycles. The fourth-order valence-electron chi connectivity index (χ4n) is 1.59. The van der Waals surface area contributed by atoms with E-state index in [1.54, 1.807) is 4.57 Å². The molecular formula is C12H12N6OS. The Kier molecular flexibility index (Phi) is 3.38. The zero-order valence-electron chi connectivity index (χ0n) is 10.7. The number of benzene rings is 1. The fourth-order valence-corrected chi connectivity index (χ4v) is 2.35. The second-order valence-corrected chi connectivity index (χ2v) is 5.01. The van der Waals surface area contributed by atoms with Crippen molar-refractivity contribution in [2.45, 2.75) is 10.9 Å². The number of hydrogen-bond donors (Lipinski definition) is 1. The summed E-state index contributed by atoms with van der Waals surface area (Å²) in [6.07, 6.45) is 0. The Labute approximate surface area is 119 Å². The van der Waals surface area contributed by atoms with Crippen LogP contribution in [0.5, 0.6) is 0 Å². The van der Waals surface area contributed by atoms with Gasteiger partial charge in [0.25, 0.3) is 5.89 Å². The van der Waals surface area contributed by atoms with Crippen molar-refractivity contribution in [3.63, 3.8) is 0 Å². The zero-order chi connectivity index (χ0) is 13.9. The molecule has 3 aromatic rings. The number of thioether (sulfide) groups is 1. The second kappa shape index (κ2) is 5.33. The first kappa shape index (κ1) is 12.7. The summed E-state index contributed by atoms with van der Waals surface area (Å²) in [4.78, 5) is 4.34. The Bertz CT molecular complexity index is 708. The van der Waals surface area contributed by atoms with E-state index in [-0.39, 0.29) is 0 Å². The molecular weight excluding hydrogens is 276 g/mol. The van der Waals surface area contributed by atoms with Gasteiger partial charge in [-0.1, -0.05) is 35.1 Å². The van der Waals surface area contributed by atoms with Crippen molar-refractivity contribution in [2.24, 2.45) is 7.05 Å². The molecule has 20 heavy (non-hydrogen) atoms. The van der Waals surface area contributed by atoms with Crippen LogP contribution in [-0.2, 0) is 12.8 Å². The molecule has 2 aromatic heterocycles. The highest BCUT2D eigenvalue weighted by Crippen LogP contribution is 2.22. The predicted octanol–water partition coefficient (Wildman–Crippen LogP) is 1.74. The molecule has 8 heteroatoms. The zero-order valence-corrected chi connectivity index (χ0v) is 11.5. The molecule has 1 aromatic carbocycles. The van der Waals surface area contributed by atoms with Crippen molar-refractivity contribution in [3.05, 3.63) is 36.2 Å². The largest absolute Gasteiger partial charge is 0.368 e. The summed E-state index contributed by atoms with van der Waals surface area (Å²) < 4.78 is 6.94. The van der Waals surface area contributed by atoms with Crippen molar-refractivity contribution in [1.82, 2.24) is 24.9 Å². The first-order chi connectivity index (χ1) is 9.74. The molecule has 2 N–H and O–H groups in total. The van der Waals surface area contributed by atoms with Gasteiger partial charge < -0.3 is 10.3 Å². The second-order valence-electron chi connectivity index (χ2n) is 4.07. The van der Waals surface area contributed by atoms with Gasteiger partial charge in [0, 0.05) is 12.6 Å². The number of nitrogens with zero attached hydrogens (tertiary/aromatic N) is 5. The van der Waals surface area contributed by atoms with E-state index in [4.69, 9.17) is 10.3 Å². The van der Waals surface area contributed by atoms with Crippen LogP contribution in [-0.4, -0.2) is 24.9 Å². The lowest BCUT2D eigenvalue weighted by Crippen LogP contribution is -1.98. The predicted molar refractivity (Wildman–Crippen MR) is 74.7 cm³/mol. The molecule has 0 fully saturated rings. The van der Waals surface area contributed by atoms with Crippen LogP contribution in [0.25, 0.3) is 11.5 Å². The van der Waals surface area contributed by atoms with Gasteiger partial charge >= 0.3 is 0 Å². The summed E-state index contributed by atoms with van der Waals surface area (Å²) in [6, 6.07) is 9.64. The molecule has 0 aliphatic heterocycles. The minimum Gasteiger partial charge on any atom is -0.368 e. The molecule has 7 nitrogen and oxygen atoms in total. The topological polar surface area (TPSA) is 95.7 Å². The van der Waals surface area contributed by atoms with Crippen molar-refractivity contribution in [3.8, 4) is 11.5 Å². The molecule has 0 aliphatic carbocycles. The fraction of sp³-hybridized carbons (Fsp3) is 0.167. The Hall–Kier alpha value is -2.35. The van der Waals surface area contributed by atoms with E-state index in [9.17, 15) is 0 Å². The van der Waals surface area contributed by atoms with Gasteiger partial charge in [0.15, 0.2) is 11.0 Å². The minimum atomic E-state index is 0.380. The summed E-state index contributed by atoms with van der Waals surface area (Å²) in [5.41, 5.74) is 6.52. The third-order valence-electron chi connectivity index (χ3n) is 2.69. The average molecular weight is 288 g/mol. The molecule has 0 bridgehead atoms. The lowest BCUT2D eigenvalue weighted by Gasteiger charge is -1.97. The van der Waals surface area contributed by atoms with Gasteiger partial charge in [-0.25, -0.2) is 0 Å². The molecule has 0 amide bonds. The quantitative estimate of drug-likeness (QED) is 0.730. The maximum atomic E-state index is 5.62. The smallest absolute Gasteiger partial charge is 0.257 e. The Morgan fingerprint density at radius 2 is 2.05 bits per heavy atom. The Morgan fingerprint density at radius 1 is 1.25 bits per heavy atom. The highest BCUT2D eigenvalue weighted by molar-refractivity contribution is 7.98. The van der Waals surface area contributed by atoms with E-state index >= 15 is 0 Å². The van der Waals surface area contributed by atoms with Crippen LogP contribution in [0.3, 0.4) is 0 Å². The molecule has 102 valence electrons. The minimum absolute atomic E-state index is 0.380. The standard InChI is InChI=1S/C12H12N6OS/c1-18-11(13)15-16-12(18)20-7-9-14-10(19-17-9)8-5-3-2-4-6-8/h2-6H,7H2,1H3,(H2,13,15). The number of nitrogen functional groups attached to an aromatic ring is 1. The van der Waals surface area contributed by atoms with Crippen molar-refractivity contribution < 1.29 is 4.52 Å². The third kappa shape index (κ3) is 2.50. The lowest BCUT2D eigenvalue weighted by atomic mass is 10.2. The first-order valence-corrected chi connectivity index (χ1v) is 6.88. The van der Waals surface area contributed by atoms with E-state index in [1.807, 2.05) is 37.4 Å². The van der Waals surface area contributed by atoms with E-state index in [0.717, 1.165) is 5.56 Å². The van der Waals surface area contributed by atoms with E-state index in [2.05, 4.69) is 20.3 Å². The van der Waals surface area contributed by atoms with Gasteiger partial charge in [0.05, 0.1) is 5.75 Å². The van der Waals surface area contributed by atoms with Crippen molar-refractivity contribution >= 4 is 17.7 Å². The number of nitrogens with two attached hydrogens (primary N) is 1. The van der Waals surface area contributed by atoms with Crippen LogP contribution in [0.4, 0.5) is 5.95 Å². The number of hydrogen-bond acceptors (Lipinski definition) is 7. The highest BCUT2D eigenvalue weighted by atomic mass is 32.2. The van der Waals surface area contributed by atoms with Crippen LogP contribution < -0.4 is 5.73 Å². The molecule has 0 radical (unpaired) electrons. The maximum Gasteiger partial charge on any atom is 0.257 e. The average Bonchev–Trinajstić information content (AvgIpc) is 3.07. The molecule has 0 atom stereocenters. The van der Waals surface area contributed by atoms with Gasteiger partial charge in [-0.15, -0.1) is 10.2 Å². The van der Waals surface area contributed by atoms with Gasteiger partial charge in [-0.3, -0.25) is 4.57 Å². The third-order valence-corrected chi connectivity index (χ3v) is 3.70. The van der Waals surface area contributed by atoms with Gasteiger partial charge in [0.2, 0.25) is 5.95 Å². The summed E-state index contributed by atoms with van der Waals surface area (Å²) in [7, 11) is 1.81. The van der Waals surface area contributed by atoms with Crippen LogP contribution in [0.2, 0.25) is 0 Å². The molecule has 3 rings (SSSR count). The van der Waals surface area contributed by atoms with Crippen LogP contribution >= 0.6 is 11.8 Å². The molecule has 0 unspecified atom stereocenters. The van der Waals surface area contributed by atoms with Crippen LogP contribution in [0, 0.1) is 0 Å².